The predicted molar refractivity (Wildman–Crippen MR) is 106 cm³/mol. The van der Waals surface area contributed by atoms with Gasteiger partial charge in [0, 0.05) is 37.3 Å². The normalized spacial score (nSPS) is 15.0. The standard InChI is InChI=1S/C20H20FN3O3S/c21-14-3-1-13(2-4-14)10-22-19(26)17-11-23-20-16(18(17)25)9-15(28-20)12-24-5-7-27-8-6-24/h1-4,9,11H,5-8,10,12H2,(H,22,26)(H,23,25). The number of morpholine rings is 1. The molecule has 1 saturated heterocycles. The van der Waals surface area contributed by atoms with Crippen LogP contribution in [0, 0.1) is 5.82 Å². The number of carbonyl (C=O) groups excluding carboxylic acids is 1. The van der Waals surface area contributed by atoms with E-state index in [1.165, 1.54) is 29.7 Å². The minimum atomic E-state index is -0.451. The van der Waals surface area contributed by atoms with Crippen LogP contribution in [0.2, 0.25) is 0 Å². The van der Waals surface area contributed by atoms with Crippen molar-refractivity contribution in [3.63, 3.8) is 0 Å². The number of nitrogens with one attached hydrogen (secondary N) is 2. The van der Waals surface area contributed by atoms with Gasteiger partial charge < -0.3 is 15.0 Å². The van der Waals surface area contributed by atoms with Crippen LogP contribution in [0.15, 0.2) is 41.3 Å². The van der Waals surface area contributed by atoms with Gasteiger partial charge in [0.15, 0.2) is 0 Å². The minimum absolute atomic E-state index is 0.0744. The lowest BCUT2D eigenvalue weighted by Gasteiger charge is -2.25. The maximum atomic E-state index is 13.0. The first-order chi connectivity index (χ1) is 13.6. The summed E-state index contributed by atoms with van der Waals surface area (Å²) in [6.07, 6.45) is 1.46. The number of hydrogen-bond donors (Lipinski definition) is 2. The number of pyridine rings is 1. The van der Waals surface area contributed by atoms with Crippen molar-refractivity contribution in [3.05, 3.63) is 68.6 Å². The summed E-state index contributed by atoms with van der Waals surface area (Å²) in [5.74, 6) is -0.782. The van der Waals surface area contributed by atoms with Crippen molar-refractivity contribution in [1.29, 1.82) is 0 Å². The number of thiophene rings is 1. The highest BCUT2D eigenvalue weighted by molar-refractivity contribution is 7.18. The second-order valence-electron chi connectivity index (χ2n) is 6.68. The first kappa shape index (κ1) is 18.8. The van der Waals surface area contributed by atoms with Crippen molar-refractivity contribution in [1.82, 2.24) is 15.2 Å². The van der Waals surface area contributed by atoms with Gasteiger partial charge in [-0.1, -0.05) is 12.1 Å². The van der Waals surface area contributed by atoms with Crippen LogP contribution in [0.1, 0.15) is 20.8 Å². The summed E-state index contributed by atoms with van der Waals surface area (Å²) < 4.78 is 18.3. The van der Waals surface area contributed by atoms with E-state index in [0.717, 1.165) is 48.1 Å². The van der Waals surface area contributed by atoms with E-state index >= 15 is 0 Å². The molecule has 146 valence electrons. The lowest BCUT2D eigenvalue weighted by Crippen LogP contribution is -2.35. The Balaban J connectivity index is 1.49. The second kappa shape index (κ2) is 8.22. The van der Waals surface area contributed by atoms with Crippen LogP contribution in [0.5, 0.6) is 0 Å². The highest BCUT2D eigenvalue weighted by Gasteiger charge is 2.17. The predicted octanol–water partition coefficient (Wildman–Crippen LogP) is 2.49. The van der Waals surface area contributed by atoms with E-state index in [9.17, 15) is 14.0 Å². The third-order valence-corrected chi connectivity index (χ3v) is 5.77. The minimum Gasteiger partial charge on any atom is -0.379 e. The molecule has 0 radical (unpaired) electrons. The molecule has 3 heterocycles. The van der Waals surface area contributed by atoms with Gasteiger partial charge in [-0.25, -0.2) is 4.39 Å². The fraction of sp³-hybridized carbons (Fsp3) is 0.300. The summed E-state index contributed by atoms with van der Waals surface area (Å²) in [5.41, 5.74) is 0.552. The molecule has 1 fully saturated rings. The SMILES string of the molecule is O=C(NCc1ccc(F)cc1)c1c[nH]c2sc(CN3CCOCC3)cc2c1=O. The zero-order chi connectivity index (χ0) is 19.5. The van der Waals surface area contributed by atoms with E-state index in [1.54, 1.807) is 12.1 Å². The Hall–Kier alpha value is -2.55. The Morgan fingerprint density at radius 1 is 1.25 bits per heavy atom. The van der Waals surface area contributed by atoms with Crippen LogP contribution < -0.4 is 10.7 Å². The molecular formula is C20H20FN3O3S. The van der Waals surface area contributed by atoms with E-state index < -0.39 is 5.91 Å². The average molecular weight is 401 g/mol. The van der Waals surface area contributed by atoms with Crippen LogP contribution in [0.3, 0.4) is 0 Å². The molecule has 1 aliphatic heterocycles. The molecule has 3 aromatic rings. The summed E-state index contributed by atoms with van der Waals surface area (Å²) in [6.45, 7) is 4.19. The van der Waals surface area contributed by atoms with Crippen molar-refractivity contribution in [2.24, 2.45) is 0 Å². The Bertz CT molecular complexity index is 1040. The molecule has 0 atom stereocenters. The molecule has 8 heteroatoms. The van der Waals surface area contributed by atoms with Crippen LogP contribution in [0.4, 0.5) is 4.39 Å². The number of aromatic amines is 1. The Morgan fingerprint density at radius 3 is 2.75 bits per heavy atom. The number of hydrogen-bond acceptors (Lipinski definition) is 5. The Kier molecular flexibility index (Phi) is 5.52. The summed E-state index contributed by atoms with van der Waals surface area (Å²) in [5, 5.41) is 3.24. The van der Waals surface area contributed by atoms with Crippen LogP contribution in [-0.4, -0.2) is 42.1 Å². The van der Waals surface area contributed by atoms with Crippen molar-refractivity contribution >= 4 is 27.5 Å². The van der Waals surface area contributed by atoms with E-state index in [2.05, 4.69) is 15.2 Å². The van der Waals surface area contributed by atoms with Gasteiger partial charge >= 0.3 is 0 Å². The van der Waals surface area contributed by atoms with E-state index in [4.69, 9.17) is 4.74 Å². The molecule has 28 heavy (non-hydrogen) atoms. The number of amides is 1. The highest BCUT2D eigenvalue weighted by atomic mass is 32.1. The van der Waals surface area contributed by atoms with E-state index in [-0.39, 0.29) is 23.4 Å². The fourth-order valence-corrected chi connectivity index (χ4v) is 4.24. The topological polar surface area (TPSA) is 74.4 Å². The van der Waals surface area contributed by atoms with Gasteiger partial charge in [-0.3, -0.25) is 14.5 Å². The molecule has 0 bridgehead atoms. The van der Waals surface area contributed by atoms with E-state index in [1.807, 2.05) is 6.07 Å². The summed E-state index contributed by atoms with van der Waals surface area (Å²) >= 11 is 1.53. The number of ether oxygens (including phenoxy) is 1. The van der Waals surface area contributed by atoms with Crippen molar-refractivity contribution in [2.75, 3.05) is 26.3 Å². The van der Waals surface area contributed by atoms with Crippen LogP contribution >= 0.6 is 11.3 Å². The van der Waals surface area contributed by atoms with Gasteiger partial charge in [0.2, 0.25) is 5.43 Å². The van der Waals surface area contributed by atoms with Crippen LogP contribution in [-0.2, 0) is 17.8 Å². The molecule has 1 amide bonds. The number of fused-ring (bicyclic) bond motifs is 1. The zero-order valence-corrected chi connectivity index (χ0v) is 16.0. The first-order valence-corrected chi connectivity index (χ1v) is 9.88. The zero-order valence-electron chi connectivity index (χ0n) is 15.2. The summed E-state index contributed by atoms with van der Waals surface area (Å²) in [4.78, 5) is 32.4. The monoisotopic (exact) mass is 401 g/mol. The van der Waals surface area contributed by atoms with Gasteiger partial charge in [-0.2, -0.15) is 0 Å². The number of benzene rings is 1. The quantitative estimate of drug-likeness (QED) is 0.689. The van der Waals surface area contributed by atoms with Gasteiger partial charge in [-0.05, 0) is 23.8 Å². The van der Waals surface area contributed by atoms with Crippen molar-refractivity contribution in [2.45, 2.75) is 13.1 Å². The maximum absolute atomic E-state index is 13.0. The second-order valence-corrected chi connectivity index (χ2v) is 7.82. The molecule has 0 saturated carbocycles. The molecule has 4 rings (SSSR count). The summed E-state index contributed by atoms with van der Waals surface area (Å²) in [7, 11) is 0. The lowest BCUT2D eigenvalue weighted by atomic mass is 10.2. The largest absolute Gasteiger partial charge is 0.379 e. The number of nitrogens with zero attached hydrogens (tertiary/aromatic N) is 1. The number of halogens is 1. The Labute approximate surface area is 164 Å². The molecule has 1 aliphatic rings. The number of aromatic nitrogens is 1. The number of H-pyrrole nitrogens is 1. The molecule has 2 N–H and O–H groups in total. The smallest absolute Gasteiger partial charge is 0.257 e. The molecule has 2 aromatic heterocycles. The molecule has 0 spiro atoms. The lowest BCUT2D eigenvalue weighted by molar-refractivity contribution is 0.0346. The molecule has 6 nitrogen and oxygen atoms in total. The van der Waals surface area contributed by atoms with E-state index in [0.29, 0.717) is 5.39 Å². The maximum Gasteiger partial charge on any atom is 0.257 e. The third-order valence-electron chi connectivity index (χ3n) is 4.71. The summed E-state index contributed by atoms with van der Waals surface area (Å²) in [6, 6.07) is 7.73. The fourth-order valence-electron chi connectivity index (χ4n) is 3.17. The van der Waals surface area contributed by atoms with Gasteiger partial charge in [0.1, 0.15) is 16.2 Å². The number of carbonyl (C=O) groups is 1. The van der Waals surface area contributed by atoms with Crippen molar-refractivity contribution < 1.29 is 13.9 Å². The molecular weight excluding hydrogens is 381 g/mol. The van der Waals surface area contributed by atoms with Gasteiger partial charge in [0.05, 0.1) is 18.6 Å². The van der Waals surface area contributed by atoms with Crippen LogP contribution in [0.25, 0.3) is 10.2 Å². The molecule has 0 aliphatic carbocycles. The molecule has 1 aromatic carbocycles. The van der Waals surface area contributed by atoms with Crippen molar-refractivity contribution in [3.8, 4) is 0 Å². The Morgan fingerprint density at radius 2 is 2.00 bits per heavy atom. The average Bonchev–Trinajstić information content (AvgIpc) is 3.12. The highest BCUT2D eigenvalue weighted by Crippen LogP contribution is 2.23. The first-order valence-electron chi connectivity index (χ1n) is 9.07. The molecule has 0 unspecified atom stereocenters. The third kappa shape index (κ3) is 4.14. The van der Waals surface area contributed by atoms with Gasteiger partial charge in [0.25, 0.3) is 5.91 Å². The number of rotatable bonds is 5. The van der Waals surface area contributed by atoms with Gasteiger partial charge in [-0.15, -0.1) is 11.3 Å².